The molecular weight excluding hydrogens is 202 g/mol. The number of pyridine rings is 1. The molecule has 4 heteroatoms. The van der Waals surface area contributed by atoms with Crippen LogP contribution >= 0.6 is 0 Å². The first-order valence-electron chi connectivity index (χ1n) is 5.46. The molecule has 3 heterocycles. The molecule has 1 aliphatic heterocycles. The summed E-state index contributed by atoms with van der Waals surface area (Å²) < 4.78 is 5.70. The molecule has 2 aromatic rings. The van der Waals surface area contributed by atoms with Gasteiger partial charge >= 0.3 is 0 Å². The number of hydrogen-bond acceptors (Lipinski definition) is 4. The Labute approximate surface area is 93.7 Å². The summed E-state index contributed by atoms with van der Waals surface area (Å²) in [5, 5.41) is 3.35. The van der Waals surface area contributed by atoms with Crippen molar-refractivity contribution in [3.63, 3.8) is 0 Å². The highest BCUT2D eigenvalue weighted by atomic mass is 16.4. The molecule has 0 aromatic carbocycles. The monoisotopic (exact) mass is 215 g/mol. The molecule has 1 unspecified atom stereocenters. The highest BCUT2D eigenvalue weighted by Crippen LogP contribution is 2.23. The quantitative estimate of drug-likeness (QED) is 0.787. The largest absolute Gasteiger partial charge is 0.438 e. The average Bonchev–Trinajstić information content (AvgIpc) is 2.73. The smallest absolute Gasteiger partial charge is 0.245 e. The molecule has 1 N–H and O–H groups in total. The van der Waals surface area contributed by atoms with Gasteiger partial charge in [0, 0.05) is 18.7 Å². The summed E-state index contributed by atoms with van der Waals surface area (Å²) in [4.78, 5) is 8.74. The van der Waals surface area contributed by atoms with Crippen LogP contribution in [-0.2, 0) is 13.0 Å². The first-order valence-corrected chi connectivity index (χ1v) is 5.46. The fourth-order valence-corrected chi connectivity index (χ4v) is 1.91. The van der Waals surface area contributed by atoms with Crippen molar-refractivity contribution in [3.05, 3.63) is 35.9 Å². The maximum atomic E-state index is 5.70. The molecule has 3 rings (SSSR count). The fourth-order valence-electron chi connectivity index (χ4n) is 1.91. The van der Waals surface area contributed by atoms with Crippen LogP contribution in [0.4, 0.5) is 0 Å². The topological polar surface area (TPSA) is 51.0 Å². The summed E-state index contributed by atoms with van der Waals surface area (Å²) in [6.07, 6.45) is 2.67. The molecule has 16 heavy (non-hydrogen) atoms. The Morgan fingerprint density at radius 2 is 2.38 bits per heavy atom. The van der Waals surface area contributed by atoms with Crippen molar-refractivity contribution >= 4 is 0 Å². The number of rotatable bonds is 1. The third kappa shape index (κ3) is 1.61. The lowest BCUT2D eigenvalue weighted by Gasteiger charge is -2.16. The van der Waals surface area contributed by atoms with Gasteiger partial charge in [0.15, 0.2) is 0 Å². The summed E-state index contributed by atoms with van der Waals surface area (Å²) >= 11 is 0. The van der Waals surface area contributed by atoms with Gasteiger partial charge in [-0.2, -0.15) is 0 Å². The zero-order valence-corrected chi connectivity index (χ0v) is 9.10. The van der Waals surface area contributed by atoms with Gasteiger partial charge in [0.05, 0.1) is 12.2 Å². The van der Waals surface area contributed by atoms with Crippen LogP contribution in [0.2, 0.25) is 0 Å². The Kier molecular flexibility index (Phi) is 2.22. The van der Waals surface area contributed by atoms with Crippen LogP contribution in [0.3, 0.4) is 0 Å². The van der Waals surface area contributed by atoms with E-state index in [1.54, 1.807) is 6.20 Å². The lowest BCUT2D eigenvalue weighted by atomic mass is 10.1. The van der Waals surface area contributed by atoms with E-state index in [-0.39, 0.29) is 0 Å². The molecule has 2 aromatic heterocycles. The predicted octanol–water partition coefficient (Wildman–Crippen LogP) is 1.77. The minimum atomic E-state index is 0.467. The number of nitrogens with zero attached hydrogens (tertiary/aromatic N) is 2. The molecule has 0 bridgehead atoms. The van der Waals surface area contributed by atoms with Crippen LogP contribution < -0.4 is 5.32 Å². The number of nitrogens with one attached hydrogen (secondary N) is 1. The van der Waals surface area contributed by atoms with E-state index in [2.05, 4.69) is 22.2 Å². The molecule has 82 valence electrons. The Morgan fingerprint density at radius 1 is 1.44 bits per heavy atom. The highest BCUT2D eigenvalue weighted by molar-refractivity contribution is 5.47. The summed E-state index contributed by atoms with van der Waals surface area (Å²) in [6.45, 7) is 2.91. The summed E-state index contributed by atoms with van der Waals surface area (Å²) in [5.74, 6) is 1.57. The summed E-state index contributed by atoms with van der Waals surface area (Å²) in [7, 11) is 0. The van der Waals surface area contributed by atoms with Crippen LogP contribution in [0.25, 0.3) is 11.6 Å². The molecule has 1 aliphatic rings. The highest BCUT2D eigenvalue weighted by Gasteiger charge is 2.21. The predicted molar refractivity (Wildman–Crippen MR) is 59.7 cm³/mol. The van der Waals surface area contributed by atoms with E-state index >= 15 is 0 Å². The standard InChI is InChI=1S/C12H13N3O/c1-8-6-10-11(7-14-8)16-12(15-10)9-4-2-3-5-13-9/h2-5,8,14H,6-7H2,1H3. The first-order chi connectivity index (χ1) is 7.83. The van der Waals surface area contributed by atoms with E-state index in [4.69, 9.17) is 4.42 Å². The Morgan fingerprint density at radius 3 is 3.19 bits per heavy atom. The van der Waals surface area contributed by atoms with E-state index in [0.29, 0.717) is 11.9 Å². The lowest BCUT2D eigenvalue weighted by Crippen LogP contribution is -2.32. The van der Waals surface area contributed by atoms with Gasteiger partial charge in [0.1, 0.15) is 11.5 Å². The maximum Gasteiger partial charge on any atom is 0.245 e. The second kappa shape index (κ2) is 3.72. The number of oxazole rings is 1. The number of aromatic nitrogens is 2. The Bertz CT molecular complexity index is 492. The van der Waals surface area contributed by atoms with E-state index in [9.17, 15) is 0 Å². The van der Waals surface area contributed by atoms with Crippen molar-refractivity contribution < 1.29 is 4.42 Å². The van der Waals surface area contributed by atoms with Crippen LogP contribution in [0.1, 0.15) is 18.4 Å². The molecule has 0 radical (unpaired) electrons. The zero-order valence-electron chi connectivity index (χ0n) is 9.10. The molecule has 0 aliphatic carbocycles. The van der Waals surface area contributed by atoms with Crippen LogP contribution in [0.15, 0.2) is 28.8 Å². The summed E-state index contributed by atoms with van der Waals surface area (Å²) in [5.41, 5.74) is 1.86. The zero-order chi connectivity index (χ0) is 11.0. The van der Waals surface area contributed by atoms with Crippen molar-refractivity contribution in [2.24, 2.45) is 0 Å². The van der Waals surface area contributed by atoms with Gasteiger partial charge in [-0.3, -0.25) is 4.98 Å². The van der Waals surface area contributed by atoms with Gasteiger partial charge in [-0.05, 0) is 19.1 Å². The van der Waals surface area contributed by atoms with Crippen LogP contribution in [0.5, 0.6) is 0 Å². The minimum absolute atomic E-state index is 0.467. The molecule has 4 nitrogen and oxygen atoms in total. The third-order valence-corrected chi connectivity index (χ3v) is 2.77. The van der Waals surface area contributed by atoms with Crippen molar-refractivity contribution in [1.82, 2.24) is 15.3 Å². The van der Waals surface area contributed by atoms with Gasteiger partial charge < -0.3 is 9.73 Å². The van der Waals surface area contributed by atoms with E-state index in [0.717, 1.165) is 30.1 Å². The SMILES string of the molecule is CC1Cc2nc(-c3ccccn3)oc2CN1. The van der Waals surface area contributed by atoms with E-state index in [1.165, 1.54) is 0 Å². The average molecular weight is 215 g/mol. The third-order valence-electron chi connectivity index (χ3n) is 2.77. The Hall–Kier alpha value is -1.68. The van der Waals surface area contributed by atoms with Crippen LogP contribution in [-0.4, -0.2) is 16.0 Å². The molecule has 0 fully saturated rings. The van der Waals surface area contributed by atoms with Crippen molar-refractivity contribution in [1.29, 1.82) is 0 Å². The number of fused-ring (bicyclic) bond motifs is 1. The Balaban J connectivity index is 1.99. The van der Waals surface area contributed by atoms with Gasteiger partial charge in [-0.1, -0.05) is 6.07 Å². The van der Waals surface area contributed by atoms with E-state index in [1.807, 2.05) is 18.2 Å². The fraction of sp³-hybridized carbons (Fsp3) is 0.333. The normalized spacial score (nSPS) is 19.4. The second-order valence-corrected chi connectivity index (χ2v) is 4.09. The van der Waals surface area contributed by atoms with Gasteiger partial charge in [-0.15, -0.1) is 0 Å². The molecule has 0 spiro atoms. The van der Waals surface area contributed by atoms with Crippen molar-refractivity contribution in [2.45, 2.75) is 25.9 Å². The maximum absolute atomic E-state index is 5.70. The second-order valence-electron chi connectivity index (χ2n) is 4.09. The van der Waals surface area contributed by atoms with E-state index < -0.39 is 0 Å². The number of hydrogen-bond donors (Lipinski definition) is 1. The first kappa shape index (κ1) is 9.54. The molecule has 0 saturated heterocycles. The molecular formula is C12H13N3O. The van der Waals surface area contributed by atoms with Crippen LogP contribution in [0, 0.1) is 0 Å². The molecule has 1 atom stereocenters. The van der Waals surface area contributed by atoms with Crippen molar-refractivity contribution in [2.75, 3.05) is 0 Å². The van der Waals surface area contributed by atoms with Gasteiger partial charge in [0.2, 0.25) is 5.89 Å². The lowest BCUT2D eigenvalue weighted by molar-refractivity contribution is 0.428. The molecule has 0 amide bonds. The van der Waals surface area contributed by atoms with Crippen molar-refractivity contribution in [3.8, 4) is 11.6 Å². The van der Waals surface area contributed by atoms with Gasteiger partial charge in [-0.25, -0.2) is 4.98 Å². The summed E-state index contributed by atoms with van der Waals surface area (Å²) in [6, 6.07) is 6.20. The van der Waals surface area contributed by atoms with Gasteiger partial charge in [0.25, 0.3) is 0 Å². The minimum Gasteiger partial charge on any atom is -0.438 e. The molecule has 0 saturated carbocycles.